The number of hydrogen-bond acceptors (Lipinski definition) is 4. The van der Waals surface area contributed by atoms with Crippen molar-refractivity contribution in [1.82, 2.24) is 20.4 Å². The van der Waals surface area contributed by atoms with Crippen molar-refractivity contribution in [3.63, 3.8) is 0 Å². The molecule has 2 aromatic heterocycles. The maximum Gasteiger partial charge on any atom is 0.316 e. The second-order valence-corrected chi connectivity index (χ2v) is 5.88. The van der Waals surface area contributed by atoms with Crippen LogP contribution in [-0.4, -0.2) is 21.0 Å². The minimum Gasteiger partial charge on any atom is -0.361 e. The quantitative estimate of drug-likeness (QED) is 0.585. The number of nitrogens with one attached hydrogen (secondary N) is 2. The van der Waals surface area contributed by atoms with E-state index in [9.17, 15) is 4.79 Å². The molecule has 2 N–H and O–H groups in total. The Labute approximate surface area is 147 Å². The molecule has 0 saturated carbocycles. The Kier molecular flexibility index (Phi) is 3.95. The molecule has 0 bridgehead atoms. The van der Waals surface area contributed by atoms with Crippen LogP contribution in [0.3, 0.4) is 0 Å². The SMILES string of the molecule is O=C(NCc1ccccc1Cl)c1nc(-c2ccc3cc[nH]c3c2)no1. The van der Waals surface area contributed by atoms with Crippen molar-refractivity contribution in [2.75, 3.05) is 0 Å². The number of rotatable bonds is 4. The Morgan fingerprint density at radius 3 is 2.96 bits per heavy atom. The predicted octanol–water partition coefficient (Wildman–Crippen LogP) is 3.80. The molecule has 25 heavy (non-hydrogen) atoms. The van der Waals surface area contributed by atoms with E-state index < -0.39 is 5.91 Å². The first-order valence-corrected chi connectivity index (χ1v) is 8.01. The highest BCUT2D eigenvalue weighted by molar-refractivity contribution is 6.31. The standard InChI is InChI=1S/C18H13ClN4O2/c19-14-4-2-1-3-13(14)10-21-17(24)18-22-16(23-25-18)12-6-5-11-7-8-20-15(11)9-12/h1-9,20H,10H2,(H,21,24). The summed E-state index contributed by atoms with van der Waals surface area (Å²) in [4.78, 5) is 19.5. The Balaban J connectivity index is 1.50. The minimum atomic E-state index is -0.445. The summed E-state index contributed by atoms with van der Waals surface area (Å²) < 4.78 is 5.08. The zero-order valence-corrected chi connectivity index (χ0v) is 13.7. The van der Waals surface area contributed by atoms with Crippen LogP contribution >= 0.6 is 11.6 Å². The van der Waals surface area contributed by atoms with Crippen molar-refractivity contribution in [1.29, 1.82) is 0 Å². The highest BCUT2D eigenvalue weighted by Gasteiger charge is 2.16. The number of benzene rings is 2. The van der Waals surface area contributed by atoms with Crippen LogP contribution in [0, 0.1) is 0 Å². The largest absolute Gasteiger partial charge is 0.361 e. The van der Waals surface area contributed by atoms with Crippen molar-refractivity contribution in [2.45, 2.75) is 6.54 Å². The van der Waals surface area contributed by atoms with Gasteiger partial charge in [-0.25, -0.2) is 0 Å². The zero-order chi connectivity index (χ0) is 17.2. The van der Waals surface area contributed by atoms with E-state index in [1.54, 1.807) is 6.07 Å². The molecular weight excluding hydrogens is 340 g/mol. The monoisotopic (exact) mass is 352 g/mol. The number of amides is 1. The van der Waals surface area contributed by atoms with Gasteiger partial charge in [0.25, 0.3) is 0 Å². The summed E-state index contributed by atoms with van der Waals surface area (Å²) >= 11 is 6.07. The van der Waals surface area contributed by atoms with Gasteiger partial charge in [-0.05, 0) is 29.1 Å². The van der Waals surface area contributed by atoms with Gasteiger partial charge in [0.05, 0.1) is 0 Å². The molecule has 1 amide bonds. The molecule has 124 valence electrons. The van der Waals surface area contributed by atoms with Gasteiger partial charge in [0.15, 0.2) is 0 Å². The van der Waals surface area contributed by atoms with Gasteiger partial charge in [0, 0.05) is 28.8 Å². The normalized spacial score (nSPS) is 10.9. The fourth-order valence-corrected chi connectivity index (χ4v) is 2.72. The predicted molar refractivity (Wildman–Crippen MR) is 94.2 cm³/mol. The van der Waals surface area contributed by atoms with Gasteiger partial charge in [0.2, 0.25) is 5.82 Å². The summed E-state index contributed by atoms with van der Waals surface area (Å²) in [6.45, 7) is 0.282. The number of halogens is 1. The van der Waals surface area contributed by atoms with E-state index in [1.807, 2.05) is 48.7 Å². The first kappa shape index (κ1) is 15.4. The van der Waals surface area contributed by atoms with Crippen LogP contribution in [0.25, 0.3) is 22.3 Å². The molecule has 0 aliphatic heterocycles. The topological polar surface area (TPSA) is 83.8 Å². The summed E-state index contributed by atoms with van der Waals surface area (Å²) in [7, 11) is 0. The molecule has 2 heterocycles. The Morgan fingerprint density at radius 1 is 1.20 bits per heavy atom. The van der Waals surface area contributed by atoms with Crippen molar-refractivity contribution >= 4 is 28.4 Å². The first-order valence-electron chi connectivity index (χ1n) is 7.63. The van der Waals surface area contributed by atoms with Gasteiger partial charge in [0.1, 0.15) is 0 Å². The van der Waals surface area contributed by atoms with Crippen LogP contribution in [0.2, 0.25) is 5.02 Å². The maximum atomic E-state index is 12.2. The number of carbonyl (C=O) groups excluding carboxylic acids is 1. The number of hydrogen-bond donors (Lipinski definition) is 2. The van der Waals surface area contributed by atoms with E-state index in [1.165, 1.54) is 0 Å². The average Bonchev–Trinajstić information content (AvgIpc) is 3.29. The van der Waals surface area contributed by atoms with Crippen LogP contribution in [0.4, 0.5) is 0 Å². The van der Waals surface area contributed by atoms with Gasteiger partial charge < -0.3 is 14.8 Å². The zero-order valence-electron chi connectivity index (χ0n) is 13.0. The highest BCUT2D eigenvalue weighted by Crippen LogP contribution is 2.21. The third kappa shape index (κ3) is 3.12. The lowest BCUT2D eigenvalue weighted by Gasteiger charge is -2.04. The smallest absolute Gasteiger partial charge is 0.316 e. The van der Waals surface area contributed by atoms with Crippen molar-refractivity contribution in [3.8, 4) is 11.4 Å². The van der Waals surface area contributed by atoms with Crippen LogP contribution in [0.1, 0.15) is 16.2 Å². The second kappa shape index (κ2) is 6.41. The third-order valence-corrected chi connectivity index (χ3v) is 4.20. The fraction of sp³-hybridized carbons (Fsp3) is 0.0556. The third-order valence-electron chi connectivity index (χ3n) is 3.83. The molecule has 6 nitrogen and oxygen atoms in total. The Morgan fingerprint density at radius 2 is 2.08 bits per heavy atom. The van der Waals surface area contributed by atoms with Gasteiger partial charge in [-0.1, -0.05) is 47.1 Å². The molecule has 7 heteroatoms. The number of nitrogens with zero attached hydrogens (tertiary/aromatic N) is 2. The molecule has 0 aliphatic rings. The lowest BCUT2D eigenvalue weighted by atomic mass is 10.1. The number of fused-ring (bicyclic) bond motifs is 1. The van der Waals surface area contributed by atoms with Crippen molar-refractivity contribution < 1.29 is 9.32 Å². The second-order valence-electron chi connectivity index (χ2n) is 5.48. The van der Waals surface area contributed by atoms with E-state index in [0.717, 1.165) is 22.0 Å². The molecule has 0 atom stereocenters. The van der Waals surface area contributed by atoms with Gasteiger partial charge >= 0.3 is 11.8 Å². The lowest BCUT2D eigenvalue weighted by molar-refractivity contribution is 0.0907. The average molecular weight is 353 g/mol. The summed E-state index contributed by atoms with van der Waals surface area (Å²) in [5.74, 6) is -0.173. The molecule has 0 aliphatic carbocycles. The van der Waals surface area contributed by atoms with E-state index in [2.05, 4.69) is 20.4 Å². The highest BCUT2D eigenvalue weighted by atomic mass is 35.5. The lowest BCUT2D eigenvalue weighted by Crippen LogP contribution is -2.23. The Hall–Kier alpha value is -3.12. The van der Waals surface area contributed by atoms with Crippen LogP contribution < -0.4 is 5.32 Å². The number of H-pyrrole nitrogens is 1. The molecule has 0 radical (unpaired) electrons. The van der Waals surface area contributed by atoms with Crippen molar-refractivity contribution in [2.24, 2.45) is 0 Å². The van der Waals surface area contributed by atoms with Crippen molar-refractivity contribution in [3.05, 3.63) is 71.2 Å². The molecule has 0 unspecified atom stereocenters. The van der Waals surface area contributed by atoms with Gasteiger partial charge in [-0.3, -0.25) is 4.79 Å². The number of aromatic nitrogens is 3. The van der Waals surface area contributed by atoms with E-state index in [0.29, 0.717) is 10.8 Å². The molecular formula is C18H13ClN4O2. The fourth-order valence-electron chi connectivity index (χ4n) is 2.51. The van der Waals surface area contributed by atoms with E-state index in [-0.39, 0.29) is 12.4 Å². The van der Waals surface area contributed by atoms with Crippen LogP contribution in [0.5, 0.6) is 0 Å². The van der Waals surface area contributed by atoms with Crippen LogP contribution in [0.15, 0.2) is 59.3 Å². The molecule has 4 aromatic rings. The van der Waals surface area contributed by atoms with Crippen LogP contribution in [-0.2, 0) is 6.54 Å². The van der Waals surface area contributed by atoms with E-state index in [4.69, 9.17) is 16.1 Å². The molecule has 0 fully saturated rings. The van der Waals surface area contributed by atoms with Gasteiger partial charge in [-0.15, -0.1) is 0 Å². The van der Waals surface area contributed by atoms with E-state index >= 15 is 0 Å². The minimum absolute atomic E-state index is 0.0892. The number of carbonyl (C=O) groups is 1. The number of aromatic amines is 1. The summed E-state index contributed by atoms with van der Waals surface area (Å²) in [6, 6.07) is 15.0. The maximum absolute atomic E-state index is 12.2. The first-order chi connectivity index (χ1) is 12.2. The summed E-state index contributed by atoms with van der Waals surface area (Å²) in [5.41, 5.74) is 2.55. The molecule has 2 aromatic carbocycles. The molecule has 0 saturated heterocycles. The molecule has 0 spiro atoms. The summed E-state index contributed by atoms with van der Waals surface area (Å²) in [5, 5.41) is 8.28. The molecule has 4 rings (SSSR count). The van der Waals surface area contributed by atoms with Gasteiger partial charge in [-0.2, -0.15) is 4.98 Å². The Bertz CT molecular complexity index is 1050. The summed E-state index contributed by atoms with van der Waals surface area (Å²) in [6.07, 6.45) is 1.86.